The SMILES string of the molecule is COc1cc(C(C)(C)C)c(P(c2cc(C(C)(C)C)c(OC)cc2C(C)(C)C)c2cccc(OC)c2-c2c(OC)cccc2P(c2cc(C(C)(C)C)c(OC)cc2C(C)(C)C)c2cc(C(C)(C)C)c(OC)cc2C(C)(C)C)cc1C(C)(C)C. The van der Waals surface area contributed by atoms with Crippen LogP contribution in [0.2, 0.25) is 0 Å². The summed E-state index contributed by atoms with van der Waals surface area (Å²) in [4.78, 5) is 0. The van der Waals surface area contributed by atoms with Gasteiger partial charge in [-0.2, -0.15) is 0 Å². The van der Waals surface area contributed by atoms with E-state index in [9.17, 15) is 0 Å². The molecule has 446 valence electrons. The van der Waals surface area contributed by atoms with Crippen molar-refractivity contribution in [2.24, 2.45) is 0 Å². The van der Waals surface area contributed by atoms with E-state index in [1.54, 1.807) is 0 Å². The molecule has 0 aliphatic carbocycles. The first kappa shape index (κ1) is 66.1. The van der Waals surface area contributed by atoms with Crippen molar-refractivity contribution in [1.82, 2.24) is 0 Å². The van der Waals surface area contributed by atoms with E-state index >= 15 is 0 Å². The number of rotatable bonds is 13. The van der Waals surface area contributed by atoms with Crippen molar-refractivity contribution >= 4 is 47.7 Å². The fourth-order valence-electron chi connectivity index (χ4n) is 11.5. The summed E-state index contributed by atoms with van der Waals surface area (Å²) >= 11 is 0. The molecule has 82 heavy (non-hydrogen) atoms. The lowest BCUT2D eigenvalue weighted by Gasteiger charge is -2.38. The Morgan fingerprint density at radius 2 is 0.402 bits per heavy atom. The van der Waals surface area contributed by atoms with E-state index in [4.69, 9.17) is 28.4 Å². The summed E-state index contributed by atoms with van der Waals surface area (Å²) in [5, 5.41) is 7.44. The highest BCUT2D eigenvalue weighted by atomic mass is 31.1. The van der Waals surface area contributed by atoms with Gasteiger partial charge in [-0.1, -0.05) is 190 Å². The zero-order valence-electron chi connectivity index (χ0n) is 56.4. The zero-order valence-corrected chi connectivity index (χ0v) is 58.2. The Morgan fingerprint density at radius 1 is 0.220 bits per heavy atom. The minimum Gasteiger partial charge on any atom is -0.496 e. The number of benzene rings is 6. The Kier molecular flexibility index (Phi) is 18.9. The van der Waals surface area contributed by atoms with Crippen LogP contribution in [0.15, 0.2) is 84.9 Å². The maximum Gasteiger partial charge on any atom is 0.127 e. The third kappa shape index (κ3) is 13.4. The minimum atomic E-state index is -1.48. The Morgan fingerprint density at radius 3 is 0.561 bits per heavy atom. The average molecular weight is 1150 g/mol. The topological polar surface area (TPSA) is 55.4 Å². The van der Waals surface area contributed by atoms with Crippen LogP contribution < -0.4 is 60.2 Å². The summed E-state index contributed by atoms with van der Waals surface area (Å²) in [6.45, 7) is 55.7. The molecule has 0 saturated heterocycles. The van der Waals surface area contributed by atoms with Crippen LogP contribution >= 0.6 is 15.8 Å². The van der Waals surface area contributed by atoms with Gasteiger partial charge in [-0.05, 0) is 174 Å². The molecule has 6 rings (SSSR count). The number of methoxy groups -OCH3 is 6. The van der Waals surface area contributed by atoms with Crippen LogP contribution in [-0.4, -0.2) is 42.7 Å². The highest BCUT2D eigenvalue weighted by Crippen LogP contribution is 2.54. The zero-order chi connectivity index (χ0) is 62.0. The molecule has 0 fully saturated rings. The lowest BCUT2D eigenvalue weighted by Crippen LogP contribution is -2.36. The number of hydrogen-bond acceptors (Lipinski definition) is 6. The van der Waals surface area contributed by atoms with Crippen molar-refractivity contribution in [1.29, 1.82) is 0 Å². The summed E-state index contributed by atoms with van der Waals surface area (Å²) in [6.07, 6.45) is 0. The third-order valence-electron chi connectivity index (χ3n) is 15.9. The summed E-state index contributed by atoms with van der Waals surface area (Å²) in [5.74, 6) is 5.14. The van der Waals surface area contributed by atoms with Crippen molar-refractivity contribution < 1.29 is 28.4 Å². The van der Waals surface area contributed by atoms with E-state index in [2.05, 4.69) is 251 Å². The van der Waals surface area contributed by atoms with E-state index in [0.29, 0.717) is 0 Å². The largest absolute Gasteiger partial charge is 0.496 e. The van der Waals surface area contributed by atoms with Gasteiger partial charge in [0.15, 0.2) is 0 Å². The van der Waals surface area contributed by atoms with Crippen molar-refractivity contribution in [3.8, 4) is 45.6 Å². The Bertz CT molecular complexity index is 2900. The highest BCUT2D eigenvalue weighted by Gasteiger charge is 2.41. The molecule has 0 saturated carbocycles. The van der Waals surface area contributed by atoms with Gasteiger partial charge in [0.1, 0.15) is 34.5 Å². The van der Waals surface area contributed by atoms with Gasteiger partial charge in [0.2, 0.25) is 0 Å². The van der Waals surface area contributed by atoms with Crippen LogP contribution in [0.5, 0.6) is 34.5 Å². The lowest BCUT2D eigenvalue weighted by atomic mass is 9.81. The van der Waals surface area contributed by atoms with Gasteiger partial charge in [-0.25, -0.2) is 0 Å². The van der Waals surface area contributed by atoms with E-state index < -0.39 is 15.8 Å². The molecule has 0 heterocycles. The lowest BCUT2D eigenvalue weighted by molar-refractivity contribution is 0.395. The maximum atomic E-state index is 6.87. The van der Waals surface area contributed by atoms with Gasteiger partial charge in [-0.15, -0.1) is 0 Å². The van der Waals surface area contributed by atoms with Crippen LogP contribution in [0.3, 0.4) is 0 Å². The molecule has 0 radical (unpaired) electrons. The molecule has 0 aliphatic rings. The van der Waals surface area contributed by atoms with Crippen molar-refractivity contribution in [3.05, 3.63) is 129 Å². The molecule has 6 aromatic rings. The Balaban J connectivity index is 2.06. The van der Waals surface area contributed by atoms with E-state index in [-0.39, 0.29) is 43.3 Å². The van der Waals surface area contributed by atoms with Crippen LogP contribution in [-0.2, 0) is 43.3 Å². The molecule has 0 bridgehead atoms. The molecular formula is C74H104O6P2. The van der Waals surface area contributed by atoms with E-state index in [1.807, 2.05) is 42.7 Å². The molecule has 8 heteroatoms. The summed E-state index contributed by atoms with van der Waals surface area (Å²) in [7, 11) is 7.95. The first-order valence-electron chi connectivity index (χ1n) is 29.4. The summed E-state index contributed by atoms with van der Waals surface area (Å²) < 4.78 is 39.4. The molecule has 6 aromatic carbocycles. The second kappa shape index (κ2) is 23.4. The van der Waals surface area contributed by atoms with Crippen LogP contribution in [0.25, 0.3) is 11.1 Å². The predicted molar refractivity (Wildman–Crippen MR) is 358 cm³/mol. The highest BCUT2D eigenvalue weighted by molar-refractivity contribution is 7.81. The number of ether oxygens (including phenoxy) is 6. The molecule has 0 aliphatic heterocycles. The predicted octanol–water partition coefficient (Wildman–Crippen LogP) is 17.3. The number of hydrogen-bond donors (Lipinski definition) is 0. The molecule has 0 atom stereocenters. The molecule has 0 amide bonds. The Labute approximate surface area is 500 Å². The maximum absolute atomic E-state index is 6.87. The van der Waals surface area contributed by atoms with Crippen molar-refractivity contribution in [2.45, 2.75) is 209 Å². The van der Waals surface area contributed by atoms with Crippen LogP contribution in [0.4, 0.5) is 0 Å². The molecule has 0 spiro atoms. The summed E-state index contributed by atoms with van der Waals surface area (Å²) in [5.41, 5.74) is 9.39. The first-order chi connectivity index (χ1) is 37.5. The molecule has 6 nitrogen and oxygen atoms in total. The van der Waals surface area contributed by atoms with Gasteiger partial charge in [0.25, 0.3) is 0 Å². The van der Waals surface area contributed by atoms with Crippen LogP contribution in [0.1, 0.15) is 211 Å². The normalized spacial score (nSPS) is 13.2. The van der Waals surface area contributed by atoms with E-state index in [1.165, 1.54) is 54.1 Å². The fourth-order valence-corrected chi connectivity index (χ4v) is 18.0. The van der Waals surface area contributed by atoms with Crippen LogP contribution in [0, 0.1) is 0 Å². The minimum absolute atomic E-state index is 0.256. The molecule has 0 aromatic heterocycles. The van der Waals surface area contributed by atoms with Crippen molar-refractivity contribution in [2.75, 3.05) is 42.7 Å². The van der Waals surface area contributed by atoms with Gasteiger partial charge < -0.3 is 28.4 Å². The van der Waals surface area contributed by atoms with Gasteiger partial charge >= 0.3 is 0 Å². The second-order valence-corrected chi connectivity index (χ2v) is 34.9. The summed E-state index contributed by atoms with van der Waals surface area (Å²) in [6, 6.07) is 32.9. The van der Waals surface area contributed by atoms with Gasteiger partial charge in [-0.3, -0.25) is 0 Å². The molecule has 0 unspecified atom stereocenters. The second-order valence-electron chi connectivity index (χ2n) is 30.7. The molecule has 0 N–H and O–H groups in total. The third-order valence-corrected chi connectivity index (χ3v) is 21.0. The first-order valence-corrected chi connectivity index (χ1v) is 32.1. The molecular weight excluding hydrogens is 1050 g/mol. The monoisotopic (exact) mass is 1150 g/mol. The Hall–Kier alpha value is -5.02. The van der Waals surface area contributed by atoms with E-state index in [0.717, 1.165) is 67.9 Å². The smallest absolute Gasteiger partial charge is 0.127 e. The standard InChI is InChI=1S/C74H104O6P2/c1-67(2,3)45-41-61(49(71(13,14)15)37-55(45)77-27)81(62-42-46(68(4,5)6)56(78-28)38-50(62)72(16,17)18)59-35-31-33-53(75-25)65(59)66-54(76-26)34-32-36-60(66)82(63-43-47(69(7,8)9)57(79-29)39-51(63)73(19,20)21)64-44-48(70(10,11)12)58(80-30)40-52(64)74(22,23)24/h31-44H,1-30H3. The fraction of sp³-hybridized carbons (Fsp3) is 0.514. The van der Waals surface area contributed by atoms with Gasteiger partial charge in [0, 0.05) is 33.4 Å². The average Bonchev–Trinajstić information content (AvgIpc) is 2.14. The van der Waals surface area contributed by atoms with Gasteiger partial charge in [0.05, 0.1) is 42.7 Å². The quantitative estimate of drug-likeness (QED) is 0.107. The van der Waals surface area contributed by atoms with Crippen molar-refractivity contribution in [3.63, 3.8) is 0 Å².